The molecule has 1 atom stereocenters. The Labute approximate surface area is 239 Å². The number of fused-ring (bicyclic) bond motifs is 4. The minimum atomic E-state index is -1.62. The highest BCUT2D eigenvalue weighted by molar-refractivity contribution is 6.32. The van der Waals surface area contributed by atoms with Crippen LogP contribution in [0.5, 0.6) is 5.88 Å². The van der Waals surface area contributed by atoms with E-state index in [0.717, 1.165) is 5.56 Å². The lowest BCUT2D eigenvalue weighted by Gasteiger charge is -2.36. The first-order valence-corrected chi connectivity index (χ1v) is 13.0. The van der Waals surface area contributed by atoms with Gasteiger partial charge in [-0.1, -0.05) is 35.3 Å². The zero-order valence-electron chi connectivity index (χ0n) is 21.8. The van der Waals surface area contributed by atoms with Gasteiger partial charge in [-0.2, -0.15) is 4.98 Å². The van der Waals surface area contributed by atoms with Gasteiger partial charge in [-0.25, -0.2) is 4.98 Å². The number of imidazole rings is 1. The van der Waals surface area contributed by atoms with Crippen molar-refractivity contribution in [3.05, 3.63) is 86.6 Å². The lowest BCUT2D eigenvalue weighted by Crippen LogP contribution is -2.51. The summed E-state index contributed by atoms with van der Waals surface area (Å²) >= 11 is 12.7. The molecule has 2 aromatic carbocycles. The number of rotatable bonds is 4. The Hall–Kier alpha value is -4.46. The number of carbonyl (C=O) groups excluding carboxylic acids is 2. The molecule has 0 saturated heterocycles. The van der Waals surface area contributed by atoms with Gasteiger partial charge >= 0.3 is 5.95 Å². The van der Waals surface area contributed by atoms with Crippen molar-refractivity contribution in [2.75, 3.05) is 17.3 Å². The Morgan fingerprint density at radius 1 is 1.10 bits per heavy atom. The third-order valence-corrected chi connectivity index (χ3v) is 7.62. The van der Waals surface area contributed by atoms with Crippen LogP contribution in [0.3, 0.4) is 0 Å². The third-order valence-electron chi connectivity index (χ3n) is 7.15. The number of nitrogens with one attached hydrogen (secondary N) is 1. The van der Waals surface area contributed by atoms with E-state index in [-0.39, 0.29) is 23.6 Å². The molecule has 1 spiro atoms. The van der Waals surface area contributed by atoms with E-state index in [2.05, 4.69) is 20.1 Å². The Morgan fingerprint density at radius 2 is 1.82 bits per heavy atom. The van der Waals surface area contributed by atoms with E-state index >= 15 is 0 Å². The summed E-state index contributed by atoms with van der Waals surface area (Å²) in [4.78, 5) is 46.5. The third kappa shape index (κ3) is 3.38. The first-order valence-electron chi connectivity index (χ1n) is 12.3. The maximum absolute atomic E-state index is 14.4. The van der Waals surface area contributed by atoms with Crippen molar-refractivity contribution in [3.8, 4) is 17.3 Å². The average molecular weight is 574 g/mol. The van der Waals surface area contributed by atoms with Crippen LogP contribution >= 0.6 is 23.2 Å². The van der Waals surface area contributed by atoms with Gasteiger partial charge in [0.1, 0.15) is 11.8 Å². The van der Waals surface area contributed by atoms with Crippen LogP contribution in [0, 0.1) is 13.5 Å². The molecule has 2 aliphatic heterocycles. The Kier molecular flexibility index (Phi) is 5.83. The van der Waals surface area contributed by atoms with Crippen LogP contribution in [-0.2, 0) is 10.3 Å². The first-order chi connectivity index (χ1) is 19.1. The highest BCUT2D eigenvalue weighted by Crippen LogP contribution is 2.55. The van der Waals surface area contributed by atoms with E-state index in [1.807, 2.05) is 25.3 Å². The number of benzene rings is 2. The highest BCUT2D eigenvalue weighted by atomic mass is 35.5. The first kappa shape index (κ1) is 25.8. The number of nitrogens with zero attached hydrogens (tertiary/aromatic N) is 6. The van der Waals surface area contributed by atoms with Crippen molar-refractivity contribution in [3.63, 3.8) is 0 Å². The van der Waals surface area contributed by atoms with Crippen molar-refractivity contribution in [2.45, 2.75) is 32.4 Å². The fraction of sp³-hybridized carbons (Fsp3) is 0.214. The second-order valence-electron chi connectivity index (χ2n) is 9.73. The van der Waals surface area contributed by atoms with Crippen molar-refractivity contribution in [1.29, 1.82) is 0 Å². The predicted octanol–water partition coefficient (Wildman–Crippen LogP) is 5.95. The van der Waals surface area contributed by atoms with Gasteiger partial charge in [0, 0.05) is 27.3 Å². The van der Waals surface area contributed by atoms with Crippen LogP contribution in [0.1, 0.15) is 47.2 Å². The molecule has 2 aromatic heterocycles. The molecular weight excluding hydrogens is 553 g/mol. The van der Waals surface area contributed by atoms with Crippen LogP contribution in [0.25, 0.3) is 16.2 Å². The fourth-order valence-electron chi connectivity index (χ4n) is 5.55. The number of carbonyl (C=O) groups is 2. The normalized spacial score (nSPS) is 17.3. The molecule has 0 fully saturated rings. The van der Waals surface area contributed by atoms with Crippen LogP contribution in [0.2, 0.25) is 10.0 Å². The predicted molar refractivity (Wildman–Crippen MR) is 150 cm³/mol. The molecule has 0 saturated carbocycles. The van der Waals surface area contributed by atoms with Crippen molar-refractivity contribution < 1.29 is 14.3 Å². The van der Waals surface area contributed by atoms with Crippen molar-refractivity contribution in [1.82, 2.24) is 19.5 Å². The lowest BCUT2D eigenvalue weighted by atomic mass is 9.86. The number of aryl methyl sites for hydroxylation is 1. The molecule has 0 aliphatic carbocycles. The number of halogens is 2. The molecule has 4 heterocycles. The van der Waals surface area contributed by atoms with E-state index < -0.39 is 17.4 Å². The lowest BCUT2D eigenvalue weighted by molar-refractivity contribution is -0.119. The standard InChI is InChI=1S/C28H21Cl2N7O3/c1-13(2)36-22-21(34-23(36)17-12-32-27(31-4)35-24(17)40-5)25(38)37(20-11-16(30)7-6-14(20)3)28(22)18-9-8-15(29)10-19(18)33-26(28)39/h6-13H,1-3,5H3,(H,33,39). The van der Waals surface area contributed by atoms with Crippen molar-refractivity contribution >= 4 is 52.3 Å². The summed E-state index contributed by atoms with van der Waals surface area (Å²) in [6.45, 7) is 13.0. The quantitative estimate of drug-likeness (QED) is 0.302. The topological polar surface area (TPSA) is 107 Å². The van der Waals surface area contributed by atoms with E-state index in [1.54, 1.807) is 36.4 Å². The molecule has 0 radical (unpaired) electrons. The number of aromatic nitrogens is 4. The summed E-state index contributed by atoms with van der Waals surface area (Å²) in [6.07, 6.45) is 1.44. The van der Waals surface area contributed by atoms with Crippen LogP contribution in [0.15, 0.2) is 42.6 Å². The van der Waals surface area contributed by atoms with E-state index in [0.29, 0.717) is 44.1 Å². The number of ether oxygens (including phenoxy) is 1. The van der Waals surface area contributed by atoms with Gasteiger partial charge in [-0.05, 0) is 50.6 Å². The minimum Gasteiger partial charge on any atom is -0.469 e. The number of amides is 2. The summed E-state index contributed by atoms with van der Waals surface area (Å²) in [6, 6.07) is 10.0. The second-order valence-corrected chi connectivity index (χ2v) is 10.6. The smallest absolute Gasteiger partial charge is 0.374 e. The molecule has 1 N–H and O–H groups in total. The molecule has 12 heteroatoms. The SMILES string of the molecule is [C-]#[N+]c1ncc(-c2nc3c(n2C(C)C)C2(C(=O)Nc4cc(Cl)ccc42)N(c2cc(Cl)ccc2C)C3=O)c(OC)n1. The van der Waals surface area contributed by atoms with Gasteiger partial charge in [-0.3, -0.25) is 14.5 Å². The molecule has 10 nitrogen and oxygen atoms in total. The summed E-state index contributed by atoms with van der Waals surface area (Å²) in [5.41, 5.74) is 1.50. The Balaban J connectivity index is 1.73. The number of hydrogen-bond donors (Lipinski definition) is 1. The maximum Gasteiger partial charge on any atom is 0.374 e. The van der Waals surface area contributed by atoms with E-state index in [9.17, 15) is 9.59 Å². The Morgan fingerprint density at radius 3 is 2.52 bits per heavy atom. The number of anilines is 2. The second kappa shape index (κ2) is 9.05. The number of methoxy groups -OCH3 is 1. The minimum absolute atomic E-state index is 0.0908. The van der Waals surface area contributed by atoms with Crippen molar-refractivity contribution in [2.24, 2.45) is 0 Å². The van der Waals surface area contributed by atoms with E-state index in [1.165, 1.54) is 18.2 Å². The van der Waals surface area contributed by atoms with Gasteiger partial charge in [0.2, 0.25) is 0 Å². The molecule has 200 valence electrons. The maximum atomic E-state index is 14.4. The molecule has 4 aromatic rings. The molecule has 0 bridgehead atoms. The fourth-order valence-corrected chi connectivity index (χ4v) is 5.88. The molecule has 1 unspecified atom stereocenters. The van der Waals surface area contributed by atoms with Gasteiger partial charge < -0.3 is 19.5 Å². The van der Waals surface area contributed by atoms with Crippen LogP contribution in [0.4, 0.5) is 17.3 Å². The molecule has 2 aliphatic rings. The Bertz CT molecular complexity index is 1810. The zero-order valence-corrected chi connectivity index (χ0v) is 23.3. The zero-order chi connectivity index (χ0) is 28.5. The van der Waals surface area contributed by atoms with Gasteiger partial charge in [0.25, 0.3) is 17.7 Å². The monoisotopic (exact) mass is 573 g/mol. The molecule has 2 amide bonds. The van der Waals surface area contributed by atoms with E-state index in [4.69, 9.17) is 39.5 Å². The summed E-state index contributed by atoms with van der Waals surface area (Å²) in [5, 5.41) is 3.80. The summed E-state index contributed by atoms with van der Waals surface area (Å²) < 4.78 is 7.31. The van der Waals surface area contributed by atoms with Crippen LogP contribution < -0.4 is 15.0 Å². The molecule has 40 heavy (non-hydrogen) atoms. The summed E-state index contributed by atoms with van der Waals surface area (Å²) in [5.74, 6) is -0.544. The largest absolute Gasteiger partial charge is 0.469 e. The number of hydrogen-bond acceptors (Lipinski definition) is 6. The van der Waals surface area contributed by atoms with Crippen LogP contribution in [-0.4, -0.2) is 38.4 Å². The van der Waals surface area contributed by atoms with Gasteiger partial charge in [0.15, 0.2) is 17.1 Å². The van der Waals surface area contributed by atoms with Gasteiger partial charge in [-0.15, -0.1) is 11.6 Å². The average Bonchev–Trinajstić information content (AvgIpc) is 3.53. The van der Waals surface area contributed by atoms with Gasteiger partial charge in [0.05, 0.1) is 18.5 Å². The highest BCUT2D eigenvalue weighted by Gasteiger charge is 2.64. The molecule has 6 rings (SSSR count). The molecular formula is C28H21Cl2N7O3. The summed E-state index contributed by atoms with van der Waals surface area (Å²) in [7, 11) is 1.43.